The monoisotopic (exact) mass is 287 g/mol. The summed E-state index contributed by atoms with van der Waals surface area (Å²) in [6, 6.07) is 14.6. The molecular weight excluding hydrogens is 266 g/mol. The number of alkyl halides is 1. The zero-order valence-electron chi connectivity index (χ0n) is 12.6. The summed E-state index contributed by atoms with van der Waals surface area (Å²) < 4.78 is 0. The second kappa shape index (κ2) is 5.97. The molecule has 0 saturated heterocycles. The van der Waals surface area contributed by atoms with Gasteiger partial charge in [-0.2, -0.15) is 0 Å². The molecule has 0 aliphatic carbocycles. The maximum absolute atomic E-state index is 6.62. The quantitative estimate of drug-likeness (QED) is 0.683. The molecule has 2 unspecified atom stereocenters. The lowest BCUT2D eigenvalue weighted by atomic mass is 9.86. The minimum atomic E-state index is -0.0566. The molecule has 0 aliphatic rings. The van der Waals surface area contributed by atoms with Gasteiger partial charge in [0.05, 0.1) is 5.38 Å². The summed E-state index contributed by atoms with van der Waals surface area (Å²) in [5.41, 5.74) is 3.69. The number of hydrogen-bond donors (Lipinski definition) is 0. The van der Waals surface area contributed by atoms with E-state index in [0.717, 1.165) is 11.3 Å². The molecule has 1 aromatic carbocycles. The van der Waals surface area contributed by atoms with E-state index in [4.69, 9.17) is 11.6 Å². The van der Waals surface area contributed by atoms with Crippen LogP contribution >= 0.6 is 11.6 Å². The first-order valence-corrected chi connectivity index (χ1v) is 7.48. The maximum Gasteiger partial charge on any atom is 0.0666 e. The molecule has 106 valence electrons. The summed E-state index contributed by atoms with van der Waals surface area (Å²) in [7, 11) is 0. The Morgan fingerprint density at radius 3 is 2.15 bits per heavy atom. The topological polar surface area (TPSA) is 12.9 Å². The molecule has 1 nitrogen and oxygen atoms in total. The van der Waals surface area contributed by atoms with Crippen molar-refractivity contribution in [1.82, 2.24) is 4.98 Å². The van der Waals surface area contributed by atoms with Crippen molar-refractivity contribution in [2.75, 3.05) is 0 Å². The first-order valence-electron chi connectivity index (χ1n) is 7.05. The van der Waals surface area contributed by atoms with Crippen LogP contribution in [0.4, 0.5) is 0 Å². The molecule has 0 amide bonds. The van der Waals surface area contributed by atoms with E-state index in [1.54, 1.807) is 0 Å². The van der Waals surface area contributed by atoms with E-state index < -0.39 is 0 Å². The van der Waals surface area contributed by atoms with Gasteiger partial charge >= 0.3 is 0 Å². The number of rotatable bonds is 3. The summed E-state index contributed by atoms with van der Waals surface area (Å²) >= 11 is 6.62. The highest BCUT2D eigenvalue weighted by molar-refractivity contribution is 6.21. The second-order valence-electron chi connectivity index (χ2n) is 6.32. The number of pyridine rings is 1. The van der Waals surface area contributed by atoms with E-state index in [9.17, 15) is 0 Å². The third-order valence-electron chi connectivity index (χ3n) is 3.69. The van der Waals surface area contributed by atoms with Gasteiger partial charge in [0.1, 0.15) is 0 Å². The Bertz CT molecular complexity index is 540. The Labute approximate surface area is 127 Å². The SMILES string of the molecule is CC(c1ccccn1)C(Cl)c1ccc(C(C)(C)C)cc1. The van der Waals surface area contributed by atoms with Crippen molar-refractivity contribution in [3.63, 3.8) is 0 Å². The van der Waals surface area contributed by atoms with Gasteiger partial charge in [-0.1, -0.05) is 58.0 Å². The van der Waals surface area contributed by atoms with Gasteiger partial charge in [-0.3, -0.25) is 4.98 Å². The fourth-order valence-corrected chi connectivity index (χ4v) is 2.53. The largest absolute Gasteiger partial charge is 0.261 e. The lowest BCUT2D eigenvalue weighted by Crippen LogP contribution is -2.11. The van der Waals surface area contributed by atoms with Crippen molar-refractivity contribution in [3.05, 3.63) is 65.5 Å². The van der Waals surface area contributed by atoms with E-state index in [1.165, 1.54) is 5.56 Å². The average molecular weight is 288 g/mol. The van der Waals surface area contributed by atoms with Crippen LogP contribution in [-0.4, -0.2) is 4.98 Å². The third kappa shape index (κ3) is 3.40. The first kappa shape index (κ1) is 15.1. The molecule has 20 heavy (non-hydrogen) atoms. The number of hydrogen-bond acceptors (Lipinski definition) is 1. The van der Waals surface area contributed by atoms with Gasteiger partial charge in [0.25, 0.3) is 0 Å². The van der Waals surface area contributed by atoms with Gasteiger partial charge in [-0.15, -0.1) is 11.6 Å². The smallest absolute Gasteiger partial charge is 0.0666 e. The van der Waals surface area contributed by atoms with Crippen LogP contribution in [0.15, 0.2) is 48.7 Å². The predicted octanol–water partition coefficient (Wildman–Crippen LogP) is 5.46. The van der Waals surface area contributed by atoms with Crippen LogP contribution in [0, 0.1) is 0 Å². The van der Waals surface area contributed by atoms with Gasteiger partial charge in [-0.05, 0) is 28.7 Å². The van der Waals surface area contributed by atoms with E-state index in [-0.39, 0.29) is 16.7 Å². The van der Waals surface area contributed by atoms with Crippen molar-refractivity contribution in [2.45, 2.75) is 44.4 Å². The first-order chi connectivity index (χ1) is 9.39. The number of aromatic nitrogens is 1. The number of benzene rings is 1. The third-order valence-corrected chi connectivity index (χ3v) is 4.32. The molecule has 0 radical (unpaired) electrons. The summed E-state index contributed by atoms with van der Waals surface area (Å²) in [6.07, 6.45) is 1.82. The molecular formula is C18H22ClN. The Kier molecular flexibility index (Phi) is 4.49. The minimum Gasteiger partial charge on any atom is -0.261 e. The Balaban J connectivity index is 2.19. The lowest BCUT2D eigenvalue weighted by Gasteiger charge is -2.21. The van der Waals surface area contributed by atoms with Gasteiger partial charge in [0.15, 0.2) is 0 Å². The molecule has 0 N–H and O–H groups in total. The van der Waals surface area contributed by atoms with Crippen LogP contribution in [0.2, 0.25) is 0 Å². The number of halogens is 1. The average Bonchev–Trinajstić information content (AvgIpc) is 2.46. The molecule has 1 aromatic heterocycles. The molecule has 2 aromatic rings. The van der Waals surface area contributed by atoms with Crippen molar-refractivity contribution in [3.8, 4) is 0 Å². The molecule has 2 heteroatoms. The van der Waals surface area contributed by atoms with Crippen LogP contribution in [-0.2, 0) is 5.41 Å². The van der Waals surface area contributed by atoms with Crippen LogP contribution in [0.25, 0.3) is 0 Å². The van der Waals surface area contributed by atoms with Crippen LogP contribution in [0.1, 0.15) is 55.8 Å². The normalized spacial score (nSPS) is 14.8. The zero-order valence-corrected chi connectivity index (χ0v) is 13.4. The van der Waals surface area contributed by atoms with Gasteiger partial charge < -0.3 is 0 Å². The van der Waals surface area contributed by atoms with Gasteiger partial charge in [0, 0.05) is 17.8 Å². The van der Waals surface area contributed by atoms with Crippen LogP contribution in [0.5, 0.6) is 0 Å². The Morgan fingerprint density at radius 1 is 1.00 bits per heavy atom. The highest BCUT2D eigenvalue weighted by Gasteiger charge is 2.20. The summed E-state index contributed by atoms with van der Waals surface area (Å²) in [5.74, 6) is 0.193. The fourth-order valence-electron chi connectivity index (χ4n) is 2.25. The highest BCUT2D eigenvalue weighted by atomic mass is 35.5. The molecule has 2 rings (SSSR count). The van der Waals surface area contributed by atoms with Crippen LogP contribution in [0.3, 0.4) is 0 Å². The predicted molar refractivity (Wildman–Crippen MR) is 86.4 cm³/mol. The molecule has 0 bridgehead atoms. The molecule has 0 aliphatic heterocycles. The molecule has 2 atom stereocenters. The van der Waals surface area contributed by atoms with Crippen molar-refractivity contribution in [1.29, 1.82) is 0 Å². The fraction of sp³-hybridized carbons (Fsp3) is 0.389. The van der Waals surface area contributed by atoms with E-state index >= 15 is 0 Å². The summed E-state index contributed by atoms with van der Waals surface area (Å²) in [4.78, 5) is 4.40. The lowest BCUT2D eigenvalue weighted by molar-refractivity contribution is 0.589. The standard InChI is InChI=1S/C18H22ClN/c1-13(16-7-5-6-12-20-16)17(19)14-8-10-15(11-9-14)18(2,3)4/h5-13,17H,1-4H3. The maximum atomic E-state index is 6.62. The second-order valence-corrected chi connectivity index (χ2v) is 6.79. The minimum absolute atomic E-state index is 0.0566. The van der Waals surface area contributed by atoms with E-state index in [1.807, 2.05) is 24.4 Å². The molecule has 1 heterocycles. The number of nitrogens with zero attached hydrogens (tertiary/aromatic N) is 1. The van der Waals surface area contributed by atoms with Crippen LogP contribution < -0.4 is 0 Å². The van der Waals surface area contributed by atoms with Crippen molar-refractivity contribution < 1.29 is 0 Å². The molecule has 0 spiro atoms. The van der Waals surface area contributed by atoms with E-state index in [0.29, 0.717) is 0 Å². The molecule has 0 saturated carbocycles. The van der Waals surface area contributed by atoms with Crippen molar-refractivity contribution in [2.24, 2.45) is 0 Å². The highest BCUT2D eigenvalue weighted by Crippen LogP contribution is 2.35. The zero-order chi connectivity index (χ0) is 14.8. The Hall–Kier alpha value is -1.34. The summed E-state index contributed by atoms with van der Waals surface area (Å²) in [5, 5.41) is -0.0566. The van der Waals surface area contributed by atoms with E-state index in [2.05, 4.69) is 56.9 Å². The van der Waals surface area contributed by atoms with Gasteiger partial charge in [-0.25, -0.2) is 0 Å². The molecule has 0 fully saturated rings. The van der Waals surface area contributed by atoms with Gasteiger partial charge in [0.2, 0.25) is 0 Å². The summed E-state index contributed by atoms with van der Waals surface area (Å²) in [6.45, 7) is 8.78. The van der Waals surface area contributed by atoms with Crippen molar-refractivity contribution >= 4 is 11.6 Å². The Morgan fingerprint density at radius 2 is 1.65 bits per heavy atom.